The number of imide groups is 1. The van der Waals surface area contributed by atoms with Crippen LogP contribution in [-0.4, -0.2) is 49.4 Å². The fourth-order valence-electron chi connectivity index (χ4n) is 5.43. The SMILES string of the molecule is Bc1ccc2c(c1)[C@@H]1[C@H](CO2)[C@@H](C(=O)OCC)[C@]2(C)C(=O)N(c3ccc(Cl)cc3)C(=O)N12. The zero-order valence-corrected chi connectivity index (χ0v) is 18.8. The fourth-order valence-corrected chi connectivity index (χ4v) is 5.56. The van der Waals surface area contributed by atoms with Gasteiger partial charge in [0.2, 0.25) is 0 Å². The van der Waals surface area contributed by atoms with E-state index in [4.69, 9.17) is 21.1 Å². The molecule has 2 saturated heterocycles. The lowest BCUT2D eigenvalue weighted by atomic mass is 9.77. The molecule has 3 aliphatic heterocycles. The van der Waals surface area contributed by atoms with Gasteiger partial charge in [-0.05, 0) is 44.2 Å². The summed E-state index contributed by atoms with van der Waals surface area (Å²) in [6.07, 6.45) is 0. The molecule has 2 aromatic rings. The quantitative estimate of drug-likeness (QED) is 0.405. The van der Waals surface area contributed by atoms with Crippen molar-refractivity contribution in [2.75, 3.05) is 18.1 Å². The van der Waals surface area contributed by atoms with Gasteiger partial charge in [0.1, 0.15) is 19.1 Å². The Hall–Kier alpha value is -3.00. The normalized spacial score (nSPS) is 28.2. The molecule has 0 aliphatic carbocycles. The number of nitrogens with zero attached hydrogens (tertiary/aromatic N) is 2. The molecule has 7 nitrogen and oxygen atoms in total. The highest BCUT2D eigenvalue weighted by atomic mass is 35.5. The molecule has 4 atom stereocenters. The van der Waals surface area contributed by atoms with Crippen LogP contribution in [0, 0.1) is 11.8 Å². The predicted octanol–water partition coefficient (Wildman–Crippen LogP) is 2.07. The third kappa shape index (κ3) is 2.72. The Labute approximate surface area is 191 Å². The molecule has 164 valence electrons. The van der Waals surface area contributed by atoms with Gasteiger partial charge in [0.25, 0.3) is 5.91 Å². The molecule has 2 fully saturated rings. The summed E-state index contributed by atoms with van der Waals surface area (Å²) >= 11 is 6.00. The van der Waals surface area contributed by atoms with Crippen molar-refractivity contribution < 1.29 is 23.9 Å². The number of anilines is 1. The number of halogens is 1. The lowest BCUT2D eigenvalue weighted by Gasteiger charge is -2.34. The van der Waals surface area contributed by atoms with E-state index in [0.29, 0.717) is 16.5 Å². The lowest BCUT2D eigenvalue weighted by Crippen LogP contribution is -2.51. The molecule has 5 rings (SSSR count). The minimum Gasteiger partial charge on any atom is -0.493 e. The van der Waals surface area contributed by atoms with Gasteiger partial charge in [0, 0.05) is 16.5 Å². The van der Waals surface area contributed by atoms with Crippen LogP contribution in [0.1, 0.15) is 25.5 Å². The molecule has 3 aliphatic rings. The van der Waals surface area contributed by atoms with Crippen LogP contribution in [0.3, 0.4) is 0 Å². The summed E-state index contributed by atoms with van der Waals surface area (Å²) in [5, 5.41) is 0.498. The lowest BCUT2D eigenvalue weighted by molar-refractivity contribution is -0.154. The smallest absolute Gasteiger partial charge is 0.332 e. The fraction of sp³-hybridized carbons (Fsp3) is 0.348. The van der Waals surface area contributed by atoms with Crippen molar-refractivity contribution in [2.45, 2.75) is 25.4 Å². The molecule has 3 heterocycles. The van der Waals surface area contributed by atoms with Gasteiger partial charge in [-0.2, -0.15) is 0 Å². The Bertz CT molecular complexity index is 1140. The van der Waals surface area contributed by atoms with Gasteiger partial charge in [-0.3, -0.25) is 9.59 Å². The second kappa shape index (κ2) is 7.27. The van der Waals surface area contributed by atoms with E-state index in [1.54, 1.807) is 43.0 Å². The molecule has 32 heavy (non-hydrogen) atoms. The highest BCUT2D eigenvalue weighted by molar-refractivity contribution is 6.32. The molecule has 2 aromatic carbocycles. The van der Waals surface area contributed by atoms with Gasteiger partial charge in [-0.15, -0.1) is 0 Å². The van der Waals surface area contributed by atoms with E-state index in [9.17, 15) is 14.4 Å². The van der Waals surface area contributed by atoms with E-state index in [2.05, 4.69) is 0 Å². The van der Waals surface area contributed by atoms with Crippen molar-refractivity contribution in [3.8, 4) is 5.75 Å². The van der Waals surface area contributed by atoms with Crippen molar-refractivity contribution in [1.82, 2.24) is 4.90 Å². The third-order valence-corrected chi connectivity index (χ3v) is 7.04. The second-order valence-corrected chi connectivity index (χ2v) is 9.04. The molecule has 3 amide bonds. The van der Waals surface area contributed by atoms with Crippen LogP contribution in [0.2, 0.25) is 5.02 Å². The molecule has 9 heteroatoms. The molecule has 0 aromatic heterocycles. The summed E-state index contributed by atoms with van der Waals surface area (Å²) in [6, 6.07) is 11.3. The number of amides is 3. The monoisotopic (exact) mass is 452 g/mol. The first kappa shape index (κ1) is 20.9. The highest BCUT2D eigenvalue weighted by Crippen LogP contribution is 2.58. The molecule has 0 unspecified atom stereocenters. The minimum atomic E-state index is -1.40. The summed E-state index contributed by atoms with van der Waals surface area (Å²) in [7, 11) is 1.96. The number of fused-ring (bicyclic) bond motifs is 5. The topological polar surface area (TPSA) is 76.1 Å². The zero-order chi connectivity index (χ0) is 22.8. The number of hydrogen-bond donors (Lipinski definition) is 0. The van der Waals surface area contributed by atoms with Crippen LogP contribution < -0.4 is 15.1 Å². The first-order chi connectivity index (χ1) is 15.3. The standard InChI is InChI=1S/C23H22BClN2O5/c1-3-31-20(28)18-16-11-32-17-9-4-12(24)10-15(17)19(16)27-22(30)26(21(29)23(18,27)2)14-7-5-13(25)6-8-14/h4-10,16,18-19H,3,11,24H2,1-2H3/t16-,18+,19-,23-/m1/s1. The molecule has 0 N–H and O–H groups in total. The van der Waals surface area contributed by atoms with Gasteiger partial charge < -0.3 is 14.4 Å². The largest absolute Gasteiger partial charge is 0.493 e. The molecule has 0 radical (unpaired) electrons. The average Bonchev–Trinajstić information content (AvgIpc) is 3.14. The van der Waals surface area contributed by atoms with Crippen molar-refractivity contribution in [3.05, 3.63) is 53.1 Å². The first-order valence-electron chi connectivity index (χ1n) is 10.6. The average molecular weight is 453 g/mol. The summed E-state index contributed by atoms with van der Waals surface area (Å²) in [5.74, 6) is -1.53. The van der Waals surface area contributed by atoms with Crippen LogP contribution in [0.25, 0.3) is 0 Å². The number of esters is 1. The predicted molar refractivity (Wildman–Crippen MR) is 121 cm³/mol. The van der Waals surface area contributed by atoms with Gasteiger partial charge in [0.15, 0.2) is 0 Å². The van der Waals surface area contributed by atoms with Crippen LogP contribution >= 0.6 is 11.6 Å². The number of ether oxygens (including phenoxy) is 2. The number of urea groups is 1. The van der Waals surface area contributed by atoms with E-state index in [1.807, 2.05) is 26.0 Å². The van der Waals surface area contributed by atoms with E-state index < -0.39 is 41.3 Å². The Kier molecular flexibility index (Phi) is 4.74. The van der Waals surface area contributed by atoms with Crippen molar-refractivity contribution >= 4 is 48.5 Å². The number of hydrogen-bond acceptors (Lipinski definition) is 5. The molecular weight excluding hydrogens is 431 g/mol. The number of carbonyl (C=O) groups excluding carboxylic acids is 3. The Morgan fingerprint density at radius 3 is 2.66 bits per heavy atom. The van der Waals surface area contributed by atoms with E-state index in [0.717, 1.165) is 15.9 Å². The zero-order valence-electron chi connectivity index (χ0n) is 18.0. The molecule has 0 spiro atoms. The number of carbonyl (C=O) groups is 3. The van der Waals surface area contributed by atoms with E-state index in [-0.39, 0.29) is 13.2 Å². The van der Waals surface area contributed by atoms with Gasteiger partial charge >= 0.3 is 12.0 Å². The van der Waals surface area contributed by atoms with Crippen LogP contribution in [0.5, 0.6) is 5.75 Å². The summed E-state index contributed by atoms with van der Waals surface area (Å²) in [5.41, 5.74) is 0.823. The van der Waals surface area contributed by atoms with Crippen LogP contribution in [-0.2, 0) is 14.3 Å². The first-order valence-corrected chi connectivity index (χ1v) is 11.0. The maximum absolute atomic E-state index is 13.8. The molecular formula is C23H22BClN2O5. The number of rotatable bonds is 3. The minimum absolute atomic E-state index is 0.183. The maximum Gasteiger partial charge on any atom is 0.332 e. The summed E-state index contributed by atoms with van der Waals surface area (Å²) < 4.78 is 11.4. The Balaban J connectivity index is 1.69. The van der Waals surface area contributed by atoms with Crippen LogP contribution in [0.4, 0.5) is 10.5 Å². The van der Waals surface area contributed by atoms with E-state index in [1.165, 1.54) is 0 Å². The Morgan fingerprint density at radius 2 is 1.97 bits per heavy atom. The summed E-state index contributed by atoms with van der Waals surface area (Å²) in [4.78, 5) is 43.5. The van der Waals surface area contributed by atoms with Gasteiger partial charge in [0.05, 0.1) is 30.9 Å². The highest BCUT2D eigenvalue weighted by Gasteiger charge is 2.72. The summed E-state index contributed by atoms with van der Waals surface area (Å²) in [6.45, 7) is 3.79. The van der Waals surface area contributed by atoms with Gasteiger partial charge in [-0.25, -0.2) is 9.69 Å². The maximum atomic E-state index is 13.8. The van der Waals surface area contributed by atoms with E-state index >= 15 is 0 Å². The van der Waals surface area contributed by atoms with Crippen molar-refractivity contribution in [1.29, 1.82) is 0 Å². The van der Waals surface area contributed by atoms with Crippen LogP contribution in [0.15, 0.2) is 42.5 Å². The Morgan fingerprint density at radius 1 is 1.25 bits per heavy atom. The third-order valence-electron chi connectivity index (χ3n) is 6.79. The van der Waals surface area contributed by atoms with Crippen molar-refractivity contribution in [2.24, 2.45) is 11.8 Å². The second-order valence-electron chi connectivity index (χ2n) is 8.61. The van der Waals surface area contributed by atoms with Crippen molar-refractivity contribution in [3.63, 3.8) is 0 Å². The molecule has 0 bridgehead atoms. The number of benzene rings is 2. The van der Waals surface area contributed by atoms with Gasteiger partial charge in [-0.1, -0.05) is 29.2 Å². The molecule has 0 saturated carbocycles.